The molecule has 0 aliphatic carbocycles. The van der Waals surface area contributed by atoms with Crippen LogP contribution in [0, 0.1) is 16.2 Å². The molecule has 7 saturated heterocycles. The van der Waals surface area contributed by atoms with E-state index in [-0.39, 0.29) is 27.6 Å². The van der Waals surface area contributed by atoms with Gasteiger partial charge in [-0.2, -0.15) is 0 Å². The number of carbonyl (C=O) groups is 1. The molecule has 0 aromatic carbocycles. The Bertz CT molecular complexity index is 2630. The van der Waals surface area contributed by atoms with Crippen LogP contribution in [0.25, 0.3) is 0 Å². The first-order valence-corrected chi connectivity index (χ1v) is 39.8. The second-order valence-corrected chi connectivity index (χ2v) is 41.1. The Hall–Kier alpha value is -2.69. The number of hydrogen-bond donors (Lipinski definition) is 0. The van der Waals surface area contributed by atoms with Crippen LogP contribution < -0.4 is 4.90 Å². The van der Waals surface area contributed by atoms with Gasteiger partial charge in [-0.1, -0.05) is 88.2 Å². The van der Waals surface area contributed by atoms with Crippen molar-refractivity contribution in [2.45, 2.75) is 265 Å². The van der Waals surface area contributed by atoms with Crippen LogP contribution in [0.5, 0.6) is 0 Å². The SMILES string of the molecule is CC(C)(C)C(=O)c1ccc(N2CCN(CCc3cc(C(C)(C)C)on3)CC2)nc1.CC(C)(C)CN1CC(N2CCN(C(C)(C)C)CC2)C1.CC(C)(C)COCCN1CCN(C(C)(C)C)CC1.CC(C)(C)N1CCN(C2CN(C(C)(C)C)C2)CC1.CC(C)(C)OCCN1CCN(C(C)(C)C)CC1. The first-order valence-electron chi connectivity index (χ1n) is 39.8. The Labute approximate surface area is 622 Å². The third kappa shape index (κ3) is 32.3. The lowest BCUT2D eigenvalue weighted by atomic mass is 9.87. The largest absolute Gasteiger partial charge is 0.380 e. The van der Waals surface area contributed by atoms with Gasteiger partial charge in [0.05, 0.1) is 31.1 Å². The molecule has 9 heterocycles. The minimum atomic E-state index is -0.383. The summed E-state index contributed by atoms with van der Waals surface area (Å²) in [4.78, 5) is 47.7. The second-order valence-electron chi connectivity index (χ2n) is 41.1. The zero-order valence-electron chi connectivity index (χ0n) is 71.5. The van der Waals surface area contributed by atoms with Gasteiger partial charge in [0, 0.05) is 258 Å². The van der Waals surface area contributed by atoms with E-state index in [1.165, 1.54) is 137 Å². The fourth-order valence-corrected chi connectivity index (χ4v) is 14.1. The molecule has 101 heavy (non-hydrogen) atoms. The van der Waals surface area contributed by atoms with Gasteiger partial charge in [-0.3, -0.25) is 58.7 Å². The van der Waals surface area contributed by atoms with Gasteiger partial charge in [0.15, 0.2) is 5.78 Å². The highest BCUT2D eigenvalue weighted by Gasteiger charge is 2.40. The maximum Gasteiger partial charge on any atom is 0.169 e. The molecule has 0 radical (unpaired) electrons. The topological polar surface area (TPSA) is 113 Å². The number of piperazine rings is 5. The van der Waals surface area contributed by atoms with Crippen molar-refractivity contribution in [2.24, 2.45) is 16.2 Å². The standard InChI is InChI=1S/C23H34N4O2.C16H33N3.C15H31N3.C15H32N2O.C14H30N2O/c1-22(2,3)19-15-18(25-29-19)9-10-26-11-13-27(14-12-26)20-8-7-17(16-24-20)21(28)23(4,5)6;1-15(2,3)13-17-11-14(12-17)18-7-9-19(10-8-18)16(4,5)6;1-14(2,3)17-9-7-16(8-10-17)13-11-18(12-13)15(4,5)6;1-14(2,3)13-18-12-11-16-7-9-17(10-8-16)15(4,5)6;1-13(2,3)16-9-7-15(8-10-16)11-12-17-14(4,5)6/h7-8,15-16H,9-14H2,1-6H3;14H,7-13H2,1-6H3;13H,7-12H2,1-6H3;7-13H2,1-6H3;7-12H2,1-6H3. The average molecular weight is 1420 g/mol. The Morgan fingerprint density at radius 3 is 1.20 bits per heavy atom. The van der Waals surface area contributed by atoms with Crippen LogP contribution >= 0.6 is 0 Å². The molecule has 7 aliphatic rings. The molecule has 0 atom stereocenters. The van der Waals surface area contributed by atoms with Gasteiger partial charge in [0.1, 0.15) is 11.6 Å². The summed E-state index contributed by atoms with van der Waals surface area (Å²) < 4.78 is 17.0. The summed E-state index contributed by atoms with van der Waals surface area (Å²) in [5, 5.41) is 4.22. The van der Waals surface area contributed by atoms with Crippen molar-refractivity contribution in [1.82, 2.24) is 64.0 Å². The summed E-state index contributed by atoms with van der Waals surface area (Å²) in [6.45, 7) is 102. The minimum Gasteiger partial charge on any atom is -0.380 e. The predicted molar refractivity (Wildman–Crippen MR) is 428 cm³/mol. The zero-order chi connectivity index (χ0) is 76.0. The Morgan fingerprint density at radius 1 is 0.446 bits per heavy atom. The second kappa shape index (κ2) is 37.4. The number of aromatic nitrogens is 2. The van der Waals surface area contributed by atoms with E-state index in [2.05, 4.69) is 262 Å². The molecule has 18 nitrogen and oxygen atoms in total. The molecule has 18 heteroatoms. The quantitative estimate of drug-likeness (QED) is 0.124. The van der Waals surface area contributed by atoms with Crippen LogP contribution in [0.3, 0.4) is 0 Å². The van der Waals surface area contributed by atoms with Crippen molar-refractivity contribution in [1.29, 1.82) is 0 Å². The molecule has 7 fully saturated rings. The van der Waals surface area contributed by atoms with Gasteiger partial charge in [0.2, 0.25) is 0 Å². The van der Waals surface area contributed by atoms with E-state index < -0.39 is 0 Å². The zero-order valence-corrected chi connectivity index (χ0v) is 71.5. The summed E-state index contributed by atoms with van der Waals surface area (Å²) in [6.07, 6.45) is 2.62. The fourth-order valence-electron chi connectivity index (χ4n) is 14.1. The van der Waals surface area contributed by atoms with Gasteiger partial charge in [-0.15, -0.1) is 0 Å². The smallest absolute Gasteiger partial charge is 0.169 e. The molecule has 9 rings (SSSR count). The monoisotopic (exact) mass is 1420 g/mol. The molecule has 0 unspecified atom stereocenters. The van der Waals surface area contributed by atoms with Gasteiger partial charge >= 0.3 is 0 Å². The maximum atomic E-state index is 12.4. The molecule has 586 valence electrons. The van der Waals surface area contributed by atoms with Gasteiger partial charge in [0.25, 0.3) is 0 Å². The molecule has 0 N–H and O–H groups in total. The molecule has 0 bridgehead atoms. The third-order valence-electron chi connectivity index (χ3n) is 21.0. The van der Waals surface area contributed by atoms with Crippen LogP contribution in [-0.2, 0) is 21.3 Å². The Balaban J connectivity index is 0.000000231. The number of rotatable bonds is 15. The van der Waals surface area contributed by atoms with E-state index in [1.807, 2.05) is 32.9 Å². The summed E-state index contributed by atoms with van der Waals surface area (Å²) in [5.41, 5.74) is 3.69. The van der Waals surface area contributed by atoms with E-state index in [0.717, 1.165) is 101 Å². The number of ether oxygens (including phenoxy) is 2. The first-order chi connectivity index (χ1) is 46.2. The predicted octanol–water partition coefficient (Wildman–Crippen LogP) is 12.7. The molecule has 0 spiro atoms. The van der Waals surface area contributed by atoms with E-state index in [0.29, 0.717) is 38.7 Å². The highest BCUT2D eigenvalue weighted by atomic mass is 16.5. The Kier molecular flexibility index (Phi) is 33.0. The summed E-state index contributed by atoms with van der Waals surface area (Å²) >= 11 is 0. The number of anilines is 1. The molecule has 0 saturated carbocycles. The van der Waals surface area contributed by atoms with Crippen molar-refractivity contribution in [3.05, 3.63) is 41.4 Å². The number of likely N-dealkylation sites (tertiary alicyclic amines) is 2. The Morgan fingerprint density at radius 2 is 0.842 bits per heavy atom. The maximum absolute atomic E-state index is 12.4. The highest BCUT2D eigenvalue weighted by Crippen LogP contribution is 2.30. The van der Waals surface area contributed by atoms with Crippen molar-refractivity contribution in [2.75, 3.05) is 208 Å². The van der Waals surface area contributed by atoms with Crippen LogP contribution in [0.2, 0.25) is 0 Å². The number of nitrogens with zero attached hydrogens (tertiary/aromatic N) is 14. The number of pyridine rings is 1. The molecular formula is C83H160N14O4. The van der Waals surface area contributed by atoms with E-state index in [1.54, 1.807) is 6.20 Å². The van der Waals surface area contributed by atoms with Gasteiger partial charge in [-0.25, -0.2) is 4.98 Å². The molecular weight excluding hydrogens is 1260 g/mol. The lowest BCUT2D eigenvalue weighted by Crippen LogP contribution is -2.67. The molecule has 0 amide bonds. The lowest BCUT2D eigenvalue weighted by Gasteiger charge is -2.53. The third-order valence-corrected chi connectivity index (χ3v) is 21.0. The average Bonchev–Trinajstić information content (AvgIpc) is 1.27. The van der Waals surface area contributed by atoms with Crippen LogP contribution in [0.4, 0.5) is 5.82 Å². The van der Waals surface area contributed by atoms with E-state index in [4.69, 9.17) is 14.0 Å². The van der Waals surface area contributed by atoms with Crippen LogP contribution in [0.15, 0.2) is 28.9 Å². The summed E-state index contributed by atoms with van der Waals surface area (Å²) in [7, 11) is 0. The van der Waals surface area contributed by atoms with Crippen molar-refractivity contribution < 1.29 is 18.8 Å². The minimum absolute atomic E-state index is 0.00306. The molecule has 7 aliphatic heterocycles. The number of hydrogen-bond acceptors (Lipinski definition) is 18. The fraction of sp³-hybridized carbons (Fsp3) is 0.892. The first kappa shape index (κ1) is 88.9. The highest BCUT2D eigenvalue weighted by molar-refractivity contribution is 5.99. The van der Waals surface area contributed by atoms with Gasteiger partial charge in [-0.05, 0) is 148 Å². The van der Waals surface area contributed by atoms with Crippen molar-refractivity contribution >= 4 is 11.6 Å². The van der Waals surface area contributed by atoms with Crippen LogP contribution in [-0.4, -0.2) is 318 Å². The van der Waals surface area contributed by atoms with Crippen LogP contribution in [0.1, 0.15) is 230 Å². The number of Topliss-reactive ketones (excluding diaryl/α,β-unsaturated/α-hetero) is 1. The summed E-state index contributed by atoms with van der Waals surface area (Å²) in [5.74, 6) is 2.02. The normalized spacial score (nSPS) is 21.3. The molecule has 2 aromatic heterocycles. The van der Waals surface area contributed by atoms with E-state index >= 15 is 0 Å². The van der Waals surface area contributed by atoms with Crippen molar-refractivity contribution in [3.63, 3.8) is 0 Å². The molecule has 2 aromatic rings. The lowest BCUT2D eigenvalue weighted by molar-refractivity contribution is -0.0470. The summed E-state index contributed by atoms with van der Waals surface area (Å²) in [6, 6.07) is 7.59. The van der Waals surface area contributed by atoms with Crippen molar-refractivity contribution in [3.8, 4) is 0 Å². The number of carbonyl (C=O) groups excluding carboxylic acids is 1. The van der Waals surface area contributed by atoms with E-state index in [9.17, 15) is 4.79 Å². The van der Waals surface area contributed by atoms with Gasteiger partial charge < -0.3 is 18.9 Å². The number of ketones is 1.